The summed E-state index contributed by atoms with van der Waals surface area (Å²) in [6.45, 7) is 4.60. The molecule has 1 aromatic heterocycles. The number of hydrogen-bond donors (Lipinski definition) is 0. The van der Waals surface area contributed by atoms with Gasteiger partial charge in [0.1, 0.15) is 0 Å². The average Bonchev–Trinajstić information content (AvgIpc) is 2.53. The molecule has 0 bridgehead atoms. The molecule has 0 saturated carbocycles. The van der Waals surface area contributed by atoms with Gasteiger partial charge >= 0.3 is 0 Å². The van der Waals surface area contributed by atoms with Crippen LogP contribution in [0, 0.1) is 0 Å². The molecule has 0 fully saturated rings. The zero-order chi connectivity index (χ0) is 8.39. The van der Waals surface area contributed by atoms with Gasteiger partial charge in [-0.2, -0.15) is 0 Å². The van der Waals surface area contributed by atoms with Crippen molar-refractivity contribution in [2.75, 3.05) is 6.61 Å². The number of rotatable bonds is 2. The third kappa shape index (κ3) is 1.32. The molecule has 2 rings (SSSR count). The second-order valence-corrected chi connectivity index (χ2v) is 3.89. The molecule has 2 heterocycles. The van der Waals surface area contributed by atoms with E-state index in [1.54, 1.807) is 11.3 Å². The third-order valence-corrected chi connectivity index (χ3v) is 3.20. The summed E-state index contributed by atoms with van der Waals surface area (Å²) in [5.41, 5.74) is 1.47. The summed E-state index contributed by atoms with van der Waals surface area (Å²) in [6.07, 6.45) is 4.23. The molecule has 0 aliphatic carbocycles. The smallest absolute Gasteiger partial charge is 0.0953 e. The molecule has 0 saturated heterocycles. The quantitative estimate of drug-likeness (QED) is 0.636. The zero-order valence-electron chi connectivity index (χ0n) is 6.95. The molecule has 0 aromatic carbocycles. The molecule has 2 heteroatoms. The van der Waals surface area contributed by atoms with Crippen LogP contribution in [0.15, 0.2) is 24.1 Å². The topological polar surface area (TPSA) is 9.23 Å². The molecule has 1 nitrogen and oxygen atoms in total. The zero-order valence-corrected chi connectivity index (χ0v) is 7.77. The van der Waals surface area contributed by atoms with Crippen LogP contribution in [0.2, 0.25) is 0 Å². The summed E-state index contributed by atoms with van der Waals surface area (Å²) in [5.74, 6) is 0. The molecule has 64 valence electrons. The minimum absolute atomic E-state index is 0.284. The van der Waals surface area contributed by atoms with Gasteiger partial charge in [0.05, 0.1) is 12.7 Å². The predicted octanol–water partition coefficient (Wildman–Crippen LogP) is 2.94. The lowest BCUT2D eigenvalue weighted by Crippen LogP contribution is -2.13. The summed E-state index contributed by atoms with van der Waals surface area (Å²) < 4.78 is 5.64. The van der Waals surface area contributed by atoms with E-state index in [-0.39, 0.29) is 6.10 Å². The molecule has 1 atom stereocenters. The van der Waals surface area contributed by atoms with Gasteiger partial charge in [-0.15, -0.1) is 17.9 Å². The standard InChI is InChI=1S/C10H12OS/c1-2-3-9-10-8(4-6-11-9)5-7-12-10/h2,5,7,9H,1,3-4,6H2. The van der Waals surface area contributed by atoms with Gasteiger partial charge in [-0.05, 0) is 29.9 Å². The highest BCUT2D eigenvalue weighted by Crippen LogP contribution is 2.33. The van der Waals surface area contributed by atoms with Crippen LogP contribution in [-0.2, 0) is 11.2 Å². The fourth-order valence-electron chi connectivity index (χ4n) is 1.55. The van der Waals surface area contributed by atoms with Crippen molar-refractivity contribution in [1.29, 1.82) is 0 Å². The van der Waals surface area contributed by atoms with Crippen molar-refractivity contribution < 1.29 is 4.74 Å². The number of ether oxygens (including phenoxy) is 1. The van der Waals surface area contributed by atoms with Crippen LogP contribution >= 0.6 is 11.3 Å². The number of thiophene rings is 1. The van der Waals surface area contributed by atoms with Crippen LogP contribution in [0.4, 0.5) is 0 Å². The van der Waals surface area contributed by atoms with Gasteiger partial charge < -0.3 is 4.74 Å². The molecule has 1 aliphatic rings. The van der Waals surface area contributed by atoms with Crippen LogP contribution in [-0.4, -0.2) is 6.61 Å². The first-order valence-electron chi connectivity index (χ1n) is 4.20. The fourth-order valence-corrected chi connectivity index (χ4v) is 2.57. The van der Waals surface area contributed by atoms with E-state index >= 15 is 0 Å². The highest BCUT2D eigenvalue weighted by Gasteiger charge is 2.20. The molecule has 0 radical (unpaired) electrons. The van der Waals surface area contributed by atoms with Crippen molar-refractivity contribution in [3.63, 3.8) is 0 Å². The molecule has 1 aromatic rings. The first-order chi connectivity index (χ1) is 5.92. The molecular formula is C10H12OS. The molecular weight excluding hydrogens is 168 g/mol. The van der Waals surface area contributed by atoms with Gasteiger partial charge in [0.15, 0.2) is 0 Å². The van der Waals surface area contributed by atoms with E-state index < -0.39 is 0 Å². The Balaban J connectivity index is 2.25. The van der Waals surface area contributed by atoms with Gasteiger partial charge in [0, 0.05) is 4.88 Å². The van der Waals surface area contributed by atoms with Gasteiger partial charge in [-0.25, -0.2) is 0 Å². The Morgan fingerprint density at radius 3 is 3.50 bits per heavy atom. The van der Waals surface area contributed by atoms with E-state index in [0.29, 0.717) is 0 Å². The highest BCUT2D eigenvalue weighted by molar-refractivity contribution is 7.10. The summed E-state index contributed by atoms with van der Waals surface area (Å²) in [4.78, 5) is 1.40. The van der Waals surface area contributed by atoms with Crippen LogP contribution in [0.5, 0.6) is 0 Å². The third-order valence-electron chi connectivity index (χ3n) is 2.14. The van der Waals surface area contributed by atoms with Crippen molar-refractivity contribution >= 4 is 11.3 Å². The summed E-state index contributed by atoms with van der Waals surface area (Å²) >= 11 is 1.80. The van der Waals surface area contributed by atoms with Crippen LogP contribution < -0.4 is 0 Å². The van der Waals surface area contributed by atoms with E-state index in [2.05, 4.69) is 18.0 Å². The SMILES string of the molecule is C=CCC1OCCc2ccsc21. The Morgan fingerprint density at radius 1 is 1.75 bits per heavy atom. The Labute approximate surface area is 76.7 Å². The minimum atomic E-state index is 0.284. The Morgan fingerprint density at radius 2 is 2.67 bits per heavy atom. The van der Waals surface area contributed by atoms with Crippen molar-refractivity contribution in [3.8, 4) is 0 Å². The summed E-state index contributed by atoms with van der Waals surface area (Å²) in [6, 6.07) is 2.21. The lowest BCUT2D eigenvalue weighted by atomic mass is 10.1. The normalized spacial score (nSPS) is 21.8. The van der Waals surface area contributed by atoms with Gasteiger partial charge in [-0.1, -0.05) is 6.08 Å². The lowest BCUT2D eigenvalue weighted by molar-refractivity contribution is 0.0476. The number of fused-ring (bicyclic) bond motifs is 1. The lowest BCUT2D eigenvalue weighted by Gasteiger charge is -2.21. The van der Waals surface area contributed by atoms with Crippen molar-refractivity contribution in [1.82, 2.24) is 0 Å². The molecule has 0 spiro atoms. The Kier molecular flexibility index (Phi) is 2.28. The largest absolute Gasteiger partial charge is 0.372 e. The van der Waals surface area contributed by atoms with Crippen molar-refractivity contribution in [2.45, 2.75) is 18.9 Å². The van der Waals surface area contributed by atoms with Crippen LogP contribution in [0.25, 0.3) is 0 Å². The van der Waals surface area contributed by atoms with Crippen molar-refractivity contribution in [3.05, 3.63) is 34.5 Å². The molecule has 0 N–H and O–H groups in total. The molecule has 1 unspecified atom stereocenters. The van der Waals surface area contributed by atoms with E-state index in [9.17, 15) is 0 Å². The molecule has 12 heavy (non-hydrogen) atoms. The number of hydrogen-bond acceptors (Lipinski definition) is 2. The van der Waals surface area contributed by atoms with Gasteiger partial charge in [-0.3, -0.25) is 0 Å². The van der Waals surface area contributed by atoms with E-state index in [4.69, 9.17) is 4.74 Å². The highest BCUT2D eigenvalue weighted by atomic mass is 32.1. The Bertz CT molecular complexity index is 277. The monoisotopic (exact) mass is 180 g/mol. The van der Waals surface area contributed by atoms with Crippen LogP contribution in [0.1, 0.15) is 23.0 Å². The van der Waals surface area contributed by atoms with Gasteiger partial charge in [0.25, 0.3) is 0 Å². The predicted molar refractivity (Wildman–Crippen MR) is 51.5 cm³/mol. The fraction of sp³-hybridized carbons (Fsp3) is 0.400. The summed E-state index contributed by atoms with van der Waals surface area (Å²) in [5, 5.41) is 2.15. The second-order valence-electron chi connectivity index (χ2n) is 2.94. The maximum atomic E-state index is 5.64. The first kappa shape index (κ1) is 8.02. The molecule has 1 aliphatic heterocycles. The molecule has 0 amide bonds. The maximum Gasteiger partial charge on any atom is 0.0953 e. The van der Waals surface area contributed by atoms with E-state index in [1.807, 2.05) is 6.08 Å². The first-order valence-corrected chi connectivity index (χ1v) is 5.08. The van der Waals surface area contributed by atoms with Crippen LogP contribution in [0.3, 0.4) is 0 Å². The van der Waals surface area contributed by atoms with Gasteiger partial charge in [0.2, 0.25) is 0 Å². The van der Waals surface area contributed by atoms with Crippen molar-refractivity contribution in [2.24, 2.45) is 0 Å². The summed E-state index contributed by atoms with van der Waals surface area (Å²) in [7, 11) is 0. The average molecular weight is 180 g/mol. The van der Waals surface area contributed by atoms with E-state index in [1.165, 1.54) is 10.4 Å². The Hall–Kier alpha value is -0.600. The minimum Gasteiger partial charge on any atom is -0.372 e. The van der Waals surface area contributed by atoms with E-state index in [0.717, 1.165) is 19.4 Å². The maximum absolute atomic E-state index is 5.64. The second kappa shape index (κ2) is 3.42.